The maximum Gasteiger partial charge on any atom is 0.408 e. The van der Waals surface area contributed by atoms with Crippen molar-refractivity contribution in [3.05, 3.63) is 96.2 Å². The number of alkyl carbamates (subject to hydrolysis) is 1. The maximum absolute atomic E-state index is 14.0. The molecule has 0 aliphatic rings. The van der Waals surface area contributed by atoms with Gasteiger partial charge in [-0.15, -0.1) is 0 Å². The number of benzene rings is 2. The van der Waals surface area contributed by atoms with Crippen LogP contribution in [0.5, 0.6) is 0 Å². The Morgan fingerprint density at radius 1 is 0.854 bits per heavy atom. The van der Waals surface area contributed by atoms with Crippen molar-refractivity contribution in [2.24, 2.45) is 5.92 Å². The van der Waals surface area contributed by atoms with Gasteiger partial charge in [0, 0.05) is 48.8 Å². The molecule has 4 rings (SSSR count). The van der Waals surface area contributed by atoms with E-state index in [1.165, 1.54) is 6.33 Å². The highest BCUT2D eigenvalue weighted by atomic mass is 16.5. The number of rotatable bonds is 17. The second-order valence-corrected chi connectivity index (χ2v) is 12.0. The largest absolute Gasteiger partial charge is 0.466 e. The number of hydrogen-bond acceptors (Lipinski definition) is 8. The minimum Gasteiger partial charge on any atom is -0.466 e. The lowest BCUT2D eigenvalue weighted by Gasteiger charge is -2.26. The fourth-order valence-electron chi connectivity index (χ4n) is 5.42. The Hall–Kier alpha value is -5.26. The van der Waals surface area contributed by atoms with Crippen LogP contribution < -0.4 is 16.0 Å². The van der Waals surface area contributed by atoms with Crippen molar-refractivity contribution in [3.63, 3.8) is 0 Å². The Morgan fingerprint density at radius 3 is 2.35 bits per heavy atom. The van der Waals surface area contributed by atoms with Crippen LogP contribution in [0.4, 0.5) is 4.79 Å². The van der Waals surface area contributed by atoms with Gasteiger partial charge in [-0.3, -0.25) is 19.4 Å². The molecule has 0 aliphatic heterocycles. The quantitative estimate of drug-likeness (QED) is 0.122. The molecule has 0 spiro atoms. The molecule has 1 unspecified atom stereocenters. The van der Waals surface area contributed by atoms with Gasteiger partial charge in [0.15, 0.2) is 0 Å². The molecule has 4 aromatic rings. The molecule has 2 heterocycles. The van der Waals surface area contributed by atoms with Crippen LogP contribution >= 0.6 is 0 Å². The summed E-state index contributed by atoms with van der Waals surface area (Å²) in [7, 11) is 0. The van der Waals surface area contributed by atoms with E-state index in [0.29, 0.717) is 18.5 Å². The van der Waals surface area contributed by atoms with Gasteiger partial charge in [0.1, 0.15) is 18.7 Å². The molecule has 2 aromatic heterocycles. The third-order valence-electron chi connectivity index (χ3n) is 7.70. The van der Waals surface area contributed by atoms with Crippen LogP contribution in [0.25, 0.3) is 10.9 Å². The van der Waals surface area contributed by atoms with E-state index in [4.69, 9.17) is 9.47 Å². The van der Waals surface area contributed by atoms with E-state index in [2.05, 4.69) is 30.9 Å². The summed E-state index contributed by atoms with van der Waals surface area (Å²) in [6.07, 6.45) is 5.39. The summed E-state index contributed by atoms with van der Waals surface area (Å²) in [6.45, 7) is 6.11. The highest BCUT2D eigenvalue weighted by Crippen LogP contribution is 2.19. The van der Waals surface area contributed by atoms with Crippen molar-refractivity contribution < 1.29 is 28.7 Å². The van der Waals surface area contributed by atoms with Crippen molar-refractivity contribution >= 4 is 34.8 Å². The zero-order chi connectivity index (χ0) is 34.3. The van der Waals surface area contributed by atoms with Gasteiger partial charge in [-0.1, -0.05) is 62.4 Å². The number of amides is 3. The SMILES string of the molecule is CCOC(=O)CCC(CC(C)C)NC(=O)[C@@H](Cc1cnc[nH]1)NC(=O)[C@@H](Cc1cccc2ncccc12)NC(=O)OCc1ccccc1. The second kappa shape index (κ2) is 18.2. The average molecular weight is 657 g/mol. The number of carbonyl (C=O) groups excluding carboxylic acids is 4. The van der Waals surface area contributed by atoms with Crippen LogP contribution in [0.15, 0.2) is 79.4 Å². The van der Waals surface area contributed by atoms with Crippen LogP contribution in [-0.4, -0.2) is 63.6 Å². The van der Waals surface area contributed by atoms with Crippen molar-refractivity contribution in [2.75, 3.05) is 6.61 Å². The number of hydrogen-bond donors (Lipinski definition) is 4. The van der Waals surface area contributed by atoms with Crippen molar-refractivity contribution in [1.82, 2.24) is 30.9 Å². The molecule has 0 fully saturated rings. The Kier molecular flexibility index (Phi) is 13.5. The topological polar surface area (TPSA) is 164 Å². The average Bonchev–Trinajstić information content (AvgIpc) is 3.59. The van der Waals surface area contributed by atoms with E-state index in [1.54, 1.807) is 19.3 Å². The van der Waals surface area contributed by atoms with Crippen LogP contribution in [-0.2, 0) is 43.3 Å². The molecule has 254 valence electrons. The standard InChI is InChI=1S/C36H44N6O6/c1-4-47-33(43)16-15-27(18-24(2)3)40-34(44)32(20-28-21-37-23-39-28)41-35(45)31(42-36(46)48-22-25-10-6-5-7-11-25)19-26-12-8-14-30-29(26)13-9-17-38-30/h5-14,17,21,23-24,27,31-32H,4,15-16,18-20,22H2,1-3H3,(H,37,39)(H,40,44)(H,41,45)(H,42,46)/t27?,31-,32-/m1/s1. The van der Waals surface area contributed by atoms with Gasteiger partial charge < -0.3 is 30.4 Å². The summed E-state index contributed by atoms with van der Waals surface area (Å²) in [5.74, 6) is -1.09. The summed E-state index contributed by atoms with van der Waals surface area (Å²) in [4.78, 5) is 64.4. The van der Waals surface area contributed by atoms with Crippen molar-refractivity contribution in [3.8, 4) is 0 Å². The first-order valence-electron chi connectivity index (χ1n) is 16.2. The number of aromatic nitrogens is 3. The lowest BCUT2D eigenvalue weighted by atomic mass is 9.98. The molecule has 0 saturated carbocycles. The maximum atomic E-state index is 14.0. The highest BCUT2D eigenvalue weighted by Gasteiger charge is 2.30. The number of aromatic amines is 1. The number of imidazole rings is 1. The summed E-state index contributed by atoms with van der Waals surface area (Å²) >= 11 is 0. The van der Waals surface area contributed by atoms with Gasteiger partial charge in [0.05, 0.1) is 18.5 Å². The first-order chi connectivity index (χ1) is 23.2. The molecule has 12 nitrogen and oxygen atoms in total. The fourth-order valence-corrected chi connectivity index (χ4v) is 5.42. The summed E-state index contributed by atoms with van der Waals surface area (Å²) in [6, 6.07) is 16.1. The van der Waals surface area contributed by atoms with E-state index in [0.717, 1.165) is 22.0 Å². The van der Waals surface area contributed by atoms with Crippen LogP contribution in [0.2, 0.25) is 0 Å². The molecular formula is C36H44N6O6. The number of nitrogens with one attached hydrogen (secondary N) is 4. The monoisotopic (exact) mass is 656 g/mol. The molecule has 4 N–H and O–H groups in total. The lowest BCUT2D eigenvalue weighted by Crippen LogP contribution is -2.56. The number of ether oxygens (including phenoxy) is 2. The summed E-state index contributed by atoms with van der Waals surface area (Å²) in [5, 5.41) is 9.46. The van der Waals surface area contributed by atoms with E-state index >= 15 is 0 Å². The molecule has 3 amide bonds. The smallest absolute Gasteiger partial charge is 0.408 e. The zero-order valence-corrected chi connectivity index (χ0v) is 27.6. The Balaban J connectivity index is 1.55. The van der Waals surface area contributed by atoms with Crippen LogP contribution in [0, 0.1) is 5.92 Å². The predicted molar refractivity (Wildman–Crippen MR) is 180 cm³/mol. The molecule has 48 heavy (non-hydrogen) atoms. The van der Waals surface area contributed by atoms with Gasteiger partial charge in [-0.05, 0) is 48.9 Å². The number of H-pyrrole nitrogens is 1. The minimum absolute atomic E-state index is 0.0209. The van der Waals surface area contributed by atoms with Crippen molar-refractivity contribution in [1.29, 1.82) is 0 Å². The van der Waals surface area contributed by atoms with E-state index in [1.807, 2.05) is 74.5 Å². The number of esters is 1. The Bertz CT molecular complexity index is 1620. The normalized spacial score (nSPS) is 12.9. The molecule has 12 heteroatoms. The van der Waals surface area contributed by atoms with Gasteiger partial charge >= 0.3 is 12.1 Å². The van der Waals surface area contributed by atoms with Gasteiger partial charge in [0.2, 0.25) is 11.8 Å². The summed E-state index contributed by atoms with van der Waals surface area (Å²) in [5.41, 5.74) is 2.96. The van der Waals surface area contributed by atoms with Gasteiger partial charge in [-0.25, -0.2) is 9.78 Å². The van der Waals surface area contributed by atoms with E-state index in [-0.39, 0.29) is 50.4 Å². The van der Waals surface area contributed by atoms with Crippen LogP contribution in [0.3, 0.4) is 0 Å². The lowest BCUT2D eigenvalue weighted by molar-refractivity contribution is -0.143. The highest BCUT2D eigenvalue weighted by molar-refractivity contribution is 5.92. The number of nitrogens with zero attached hydrogens (tertiary/aromatic N) is 2. The Morgan fingerprint density at radius 2 is 1.62 bits per heavy atom. The Labute approximate surface area is 280 Å². The molecule has 0 aliphatic carbocycles. The molecule has 0 bridgehead atoms. The number of fused-ring (bicyclic) bond motifs is 1. The molecule has 0 saturated heterocycles. The minimum atomic E-state index is -1.09. The third kappa shape index (κ3) is 11.2. The molecule has 0 radical (unpaired) electrons. The van der Waals surface area contributed by atoms with Crippen LogP contribution in [0.1, 0.15) is 56.9 Å². The molecule has 2 aromatic carbocycles. The molecule has 3 atom stereocenters. The van der Waals surface area contributed by atoms with Gasteiger partial charge in [-0.2, -0.15) is 0 Å². The first-order valence-corrected chi connectivity index (χ1v) is 16.2. The van der Waals surface area contributed by atoms with E-state index in [9.17, 15) is 19.2 Å². The van der Waals surface area contributed by atoms with Gasteiger partial charge in [0.25, 0.3) is 0 Å². The summed E-state index contributed by atoms with van der Waals surface area (Å²) < 4.78 is 10.5. The molecular weight excluding hydrogens is 612 g/mol. The second-order valence-electron chi connectivity index (χ2n) is 12.0. The predicted octanol–water partition coefficient (Wildman–Crippen LogP) is 4.40. The fraction of sp³-hybridized carbons (Fsp3) is 0.389. The number of pyridine rings is 1. The van der Waals surface area contributed by atoms with E-state index < -0.39 is 30.0 Å². The first kappa shape index (κ1) is 35.6. The third-order valence-corrected chi connectivity index (χ3v) is 7.70. The number of carbonyl (C=O) groups is 4. The zero-order valence-electron chi connectivity index (χ0n) is 27.6. The van der Waals surface area contributed by atoms with Crippen molar-refractivity contribution in [2.45, 2.75) is 77.6 Å².